The van der Waals surface area contributed by atoms with Crippen LogP contribution in [0.2, 0.25) is 0 Å². The molecule has 1 aliphatic carbocycles. The van der Waals surface area contributed by atoms with Gasteiger partial charge < -0.3 is 19.9 Å². The van der Waals surface area contributed by atoms with E-state index in [0.717, 1.165) is 12.0 Å². The maximum absolute atomic E-state index is 14.4. The third-order valence-electron chi connectivity index (χ3n) is 8.19. The van der Waals surface area contributed by atoms with E-state index >= 15 is 0 Å². The predicted molar refractivity (Wildman–Crippen MR) is 134 cm³/mol. The molecule has 2 aliphatic rings. The summed E-state index contributed by atoms with van der Waals surface area (Å²) >= 11 is 0. The van der Waals surface area contributed by atoms with Gasteiger partial charge in [0.05, 0.1) is 11.1 Å². The molecule has 3 aromatic carbocycles. The van der Waals surface area contributed by atoms with Crippen molar-refractivity contribution in [1.82, 2.24) is 4.57 Å². The second kappa shape index (κ2) is 7.95. The molecule has 4 aromatic rings. The van der Waals surface area contributed by atoms with E-state index in [4.69, 9.17) is 0 Å². The van der Waals surface area contributed by atoms with Crippen LogP contribution in [0.4, 0.5) is 8.78 Å². The van der Waals surface area contributed by atoms with Gasteiger partial charge in [0.2, 0.25) is 0 Å². The van der Waals surface area contributed by atoms with Crippen molar-refractivity contribution in [2.45, 2.75) is 64.3 Å². The normalized spacial score (nSPS) is 18.8. The first-order valence-electron chi connectivity index (χ1n) is 12.4. The Bertz CT molecular complexity index is 1660. The van der Waals surface area contributed by atoms with Gasteiger partial charge in [0, 0.05) is 27.9 Å². The van der Waals surface area contributed by atoms with Crippen molar-refractivity contribution in [2.24, 2.45) is 0 Å². The van der Waals surface area contributed by atoms with Crippen LogP contribution in [0.25, 0.3) is 21.7 Å². The van der Waals surface area contributed by atoms with Crippen molar-refractivity contribution in [3.63, 3.8) is 0 Å². The lowest BCUT2D eigenvalue weighted by Crippen LogP contribution is -2.30. The highest BCUT2D eigenvalue weighted by Crippen LogP contribution is 2.48. The van der Waals surface area contributed by atoms with E-state index in [9.17, 15) is 28.9 Å². The molecule has 2 atom stereocenters. The number of nitrogens with zero attached hydrogens (tertiary/aromatic N) is 1. The average Bonchev–Trinajstić information content (AvgIpc) is 2.83. The number of aryl methyl sites for hydroxylation is 2. The van der Waals surface area contributed by atoms with E-state index in [-0.39, 0.29) is 64.1 Å². The van der Waals surface area contributed by atoms with Gasteiger partial charge in [-0.1, -0.05) is 6.92 Å². The number of hydrogen-bond acceptors (Lipinski definition) is 4. The van der Waals surface area contributed by atoms with Gasteiger partial charge in [0.1, 0.15) is 28.9 Å². The Morgan fingerprint density at radius 2 is 1.44 bits per heavy atom. The average molecular weight is 492 g/mol. The minimum Gasteiger partial charge on any atom is -0.507 e. The molecule has 6 rings (SSSR count). The second-order valence-corrected chi connectivity index (χ2v) is 10.4. The topological polar surface area (TPSA) is 82.7 Å². The summed E-state index contributed by atoms with van der Waals surface area (Å²) in [5.74, 6) is -1.47. The molecule has 0 radical (unpaired) electrons. The Hall–Kier alpha value is -3.61. The van der Waals surface area contributed by atoms with Crippen LogP contribution in [0.15, 0.2) is 29.1 Å². The van der Waals surface area contributed by atoms with Gasteiger partial charge in [-0.15, -0.1) is 0 Å². The molecule has 2 unspecified atom stereocenters. The number of rotatable bonds is 3. The molecule has 186 valence electrons. The van der Waals surface area contributed by atoms with E-state index in [1.54, 1.807) is 4.57 Å². The van der Waals surface area contributed by atoms with Crippen molar-refractivity contribution >= 4 is 21.7 Å². The van der Waals surface area contributed by atoms with Crippen molar-refractivity contribution in [2.75, 3.05) is 0 Å². The van der Waals surface area contributed by atoms with Crippen LogP contribution < -0.4 is 5.56 Å². The van der Waals surface area contributed by atoms with Crippen LogP contribution in [0, 0.1) is 11.6 Å². The van der Waals surface area contributed by atoms with Crippen LogP contribution in [0.1, 0.15) is 66.5 Å². The molecule has 0 fully saturated rings. The molecule has 0 spiro atoms. The van der Waals surface area contributed by atoms with Crippen LogP contribution in [0.3, 0.4) is 0 Å². The first-order valence-corrected chi connectivity index (χ1v) is 12.4. The highest BCUT2D eigenvalue weighted by atomic mass is 19.1. The predicted octanol–water partition coefficient (Wildman–Crippen LogP) is 5.89. The van der Waals surface area contributed by atoms with Crippen molar-refractivity contribution < 1.29 is 24.1 Å². The molecule has 7 heteroatoms. The molecule has 0 saturated heterocycles. The molecule has 1 aromatic heterocycles. The van der Waals surface area contributed by atoms with E-state index in [1.807, 2.05) is 13.8 Å². The summed E-state index contributed by atoms with van der Waals surface area (Å²) in [6, 6.07) is 5.26. The van der Waals surface area contributed by atoms with Crippen LogP contribution >= 0.6 is 0 Å². The van der Waals surface area contributed by atoms with Crippen LogP contribution in [-0.4, -0.2) is 19.9 Å². The summed E-state index contributed by atoms with van der Waals surface area (Å²) in [5.41, 5.74) is 2.64. The van der Waals surface area contributed by atoms with E-state index < -0.39 is 11.6 Å². The van der Waals surface area contributed by atoms with Crippen molar-refractivity contribution in [3.8, 4) is 17.2 Å². The van der Waals surface area contributed by atoms with E-state index in [2.05, 4.69) is 0 Å². The summed E-state index contributed by atoms with van der Waals surface area (Å²) in [4.78, 5) is 13.5. The molecule has 1 aliphatic heterocycles. The van der Waals surface area contributed by atoms with Crippen LogP contribution in [-0.2, 0) is 25.7 Å². The summed E-state index contributed by atoms with van der Waals surface area (Å²) in [6.45, 7) is 3.91. The van der Waals surface area contributed by atoms with Gasteiger partial charge in [-0.3, -0.25) is 4.79 Å². The zero-order valence-corrected chi connectivity index (χ0v) is 20.2. The first kappa shape index (κ1) is 22.8. The fourth-order valence-corrected chi connectivity index (χ4v) is 6.37. The summed E-state index contributed by atoms with van der Waals surface area (Å²) < 4.78 is 30.3. The number of hydrogen-bond donors (Lipinski definition) is 3. The molecule has 0 amide bonds. The Morgan fingerprint density at radius 3 is 2.19 bits per heavy atom. The zero-order chi connectivity index (χ0) is 25.5. The highest BCUT2D eigenvalue weighted by molar-refractivity contribution is 5.98. The van der Waals surface area contributed by atoms with E-state index in [0.29, 0.717) is 46.7 Å². The number of phenols is 2. The monoisotopic (exact) mass is 491 g/mol. The summed E-state index contributed by atoms with van der Waals surface area (Å²) in [6.07, 6.45) is 2.75. The van der Waals surface area contributed by atoms with Gasteiger partial charge in [-0.2, -0.15) is 0 Å². The molecular formula is C29H27F2NO4. The molecule has 5 nitrogen and oxygen atoms in total. The lowest BCUT2D eigenvalue weighted by molar-refractivity contribution is 0.430. The molecular weight excluding hydrogens is 464 g/mol. The van der Waals surface area contributed by atoms with Crippen molar-refractivity contribution in [1.29, 1.82) is 0 Å². The number of pyridine rings is 1. The molecule has 36 heavy (non-hydrogen) atoms. The second-order valence-electron chi connectivity index (χ2n) is 10.4. The van der Waals surface area contributed by atoms with Gasteiger partial charge in [-0.25, -0.2) is 8.78 Å². The maximum Gasteiger partial charge on any atom is 0.258 e. The number of halogens is 2. The van der Waals surface area contributed by atoms with Gasteiger partial charge in [0.15, 0.2) is 0 Å². The fraction of sp³-hybridized carbons (Fsp3) is 0.345. The number of benzene rings is 3. The number of aromatic hydroxyl groups is 3. The number of aromatic nitrogens is 1. The largest absolute Gasteiger partial charge is 0.507 e. The zero-order valence-electron chi connectivity index (χ0n) is 20.2. The SMILES string of the molecule is CC1CCc2cc(F)cc3c(O)c(CCc4c(O)c5cc(F)cc6c5n(c4=O)C(C)CC6)c(O)c1c23. The Labute approximate surface area is 206 Å². The Morgan fingerprint density at radius 1 is 0.833 bits per heavy atom. The standard InChI is InChI=1S/C29H27F2NO4/c1-13-3-5-15-9-17(30)11-21-24(15)23(13)28(35)19(26(21)33)7-8-20-27(34)22-12-18(31)10-16-6-4-14(2)32(25(16)22)29(20)36/h9-14,33-35H,3-8H2,1-2H3. The molecule has 3 N–H and O–H groups in total. The van der Waals surface area contributed by atoms with Crippen molar-refractivity contribution in [3.05, 3.63) is 74.1 Å². The molecule has 2 heterocycles. The minimum absolute atomic E-state index is 0.0104. The fourth-order valence-electron chi connectivity index (χ4n) is 6.37. The first-order chi connectivity index (χ1) is 17.2. The summed E-state index contributed by atoms with van der Waals surface area (Å²) in [7, 11) is 0. The van der Waals surface area contributed by atoms with Gasteiger partial charge in [0.25, 0.3) is 5.56 Å². The van der Waals surface area contributed by atoms with Gasteiger partial charge in [-0.05, 0) is 92.1 Å². The quantitative estimate of drug-likeness (QED) is 0.334. The molecule has 0 saturated carbocycles. The minimum atomic E-state index is -0.478. The van der Waals surface area contributed by atoms with Crippen LogP contribution in [0.5, 0.6) is 17.2 Å². The molecule has 0 bridgehead atoms. The van der Waals surface area contributed by atoms with Gasteiger partial charge >= 0.3 is 0 Å². The number of phenolic OH excluding ortho intramolecular Hbond substituents is 2. The Kier molecular flexibility index (Phi) is 5.04. The Balaban J connectivity index is 1.52. The lowest BCUT2D eigenvalue weighted by atomic mass is 9.79. The highest BCUT2D eigenvalue weighted by Gasteiger charge is 2.29. The smallest absolute Gasteiger partial charge is 0.258 e. The third kappa shape index (κ3) is 3.14. The van der Waals surface area contributed by atoms with E-state index in [1.165, 1.54) is 24.3 Å². The summed E-state index contributed by atoms with van der Waals surface area (Å²) in [5, 5.41) is 34.7. The maximum atomic E-state index is 14.4. The lowest BCUT2D eigenvalue weighted by Gasteiger charge is -2.27. The third-order valence-corrected chi connectivity index (χ3v) is 8.19.